The highest BCUT2D eigenvalue weighted by Crippen LogP contribution is 2.44. The van der Waals surface area contributed by atoms with Gasteiger partial charge in [-0.3, -0.25) is 0 Å². The van der Waals surface area contributed by atoms with E-state index in [0.717, 1.165) is 30.3 Å². The Balaban J connectivity index is 0.847. The number of aliphatic hydroxyl groups excluding tert-OH is 18. The van der Waals surface area contributed by atoms with Gasteiger partial charge in [0.15, 0.2) is 11.5 Å². The fourth-order valence-electron chi connectivity index (χ4n) is 10.6. The minimum atomic E-state index is -2.07. The van der Waals surface area contributed by atoms with E-state index in [1.165, 1.54) is 54.6 Å². The second kappa shape index (κ2) is 29.5. The third-order valence-electron chi connectivity index (χ3n) is 16.1. The van der Waals surface area contributed by atoms with Crippen molar-refractivity contribution in [3.05, 3.63) is 96.1 Å². The highest BCUT2D eigenvalue weighted by Gasteiger charge is 2.51. The van der Waals surface area contributed by atoms with Gasteiger partial charge in [0, 0.05) is 18.2 Å². The fraction of sp³-hybridized carbons (Fsp3) is 0.508. The van der Waals surface area contributed by atoms with Crippen LogP contribution in [0.15, 0.2) is 89.3 Å². The summed E-state index contributed by atoms with van der Waals surface area (Å²) in [5.41, 5.74) is -0.607. The average molecular weight is 1340 g/mol. The Morgan fingerprint density at radius 2 is 0.713 bits per heavy atom. The van der Waals surface area contributed by atoms with E-state index >= 15 is 0 Å². The quantitative estimate of drug-likeness (QED) is 0.0254. The van der Waals surface area contributed by atoms with Crippen LogP contribution in [0.3, 0.4) is 0 Å². The Hall–Kier alpha value is -7.09. The molecule has 1 aromatic heterocycles. The lowest BCUT2D eigenvalue weighted by Crippen LogP contribution is -2.60. The van der Waals surface area contributed by atoms with Gasteiger partial charge in [-0.15, -0.1) is 0 Å². The van der Waals surface area contributed by atoms with E-state index in [2.05, 4.69) is 0 Å². The maximum Gasteiger partial charge on any atom is 0.402 e. The molecule has 0 bridgehead atoms. The molecular formula is C59H69O35+. The van der Waals surface area contributed by atoms with Crippen molar-refractivity contribution in [1.82, 2.24) is 0 Å². The molecule has 0 unspecified atom stereocenters. The molecule has 94 heavy (non-hydrogen) atoms. The van der Waals surface area contributed by atoms with Gasteiger partial charge < -0.3 is 159 Å². The SMILES string of the molecule is O=C(OC[C@H]1O[C@@H](Oc2cc(O)c3cc(O[C@@H]4O[C@H](CO)[C@@H](O)[C@H](O)[C@H]4O)c(-c4ccc(O)c(O[C@@H]5O[C@H](COC(=O)c6ccc(O[C@@H]7O[C@H](CO)[C@@H](O)[C@H](O)[C@H]7O)cc6)[C@@H](O)[C@H](O)[C@H]5O)c4)[o+]c3c2)[C@H](O)[C@@H](O)[C@@H]1O)c1ccc(O[C@@H]2O[C@H](CO)[C@@H](O)[C@H](O)[C@H]2O)cc1. The van der Waals surface area contributed by atoms with Gasteiger partial charge in [-0.2, -0.15) is 0 Å². The summed E-state index contributed by atoms with van der Waals surface area (Å²) in [4.78, 5) is 26.4. The van der Waals surface area contributed by atoms with Crippen LogP contribution in [-0.2, 0) is 33.2 Å². The van der Waals surface area contributed by atoms with Crippen LogP contribution in [0.2, 0.25) is 0 Å². The molecular weight excluding hydrogens is 1270 g/mol. The molecule has 5 saturated heterocycles. The monoisotopic (exact) mass is 1340 g/mol. The van der Waals surface area contributed by atoms with Crippen LogP contribution in [0.4, 0.5) is 0 Å². The predicted molar refractivity (Wildman–Crippen MR) is 301 cm³/mol. The maximum atomic E-state index is 13.2. The van der Waals surface area contributed by atoms with Crippen molar-refractivity contribution in [1.29, 1.82) is 0 Å². The summed E-state index contributed by atoms with van der Waals surface area (Å²) in [6.45, 7) is -3.83. The molecule has 0 aliphatic carbocycles. The van der Waals surface area contributed by atoms with Crippen molar-refractivity contribution < 1.29 is 173 Å². The van der Waals surface area contributed by atoms with Crippen molar-refractivity contribution in [2.75, 3.05) is 33.0 Å². The molecule has 5 aliphatic rings. The molecule has 6 heterocycles. The van der Waals surface area contributed by atoms with Gasteiger partial charge in [0.25, 0.3) is 0 Å². The molecule has 25 atom stereocenters. The largest absolute Gasteiger partial charge is 0.507 e. The van der Waals surface area contributed by atoms with Crippen LogP contribution in [0.25, 0.3) is 22.3 Å². The second-order valence-corrected chi connectivity index (χ2v) is 22.4. The highest BCUT2D eigenvalue weighted by atomic mass is 16.7. The van der Waals surface area contributed by atoms with E-state index in [4.69, 9.17) is 61.3 Å². The first-order valence-electron chi connectivity index (χ1n) is 28.9. The van der Waals surface area contributed by atoms with Gasteiger partial charge in [-0.05, 0) is 60.7 Å². The summed E-state index contributed by atoms with van der Waals surface area (Å²) in [6.07, 6.45) is -44.0. The maximum absolute atomic E-state index is 13.2. The molecule has 35 nitrogen and oxygen atoms in total. The van der Waals surface area contributed by atoms with Gasteiger partial charge in [0.05, 0.1) is 42.6 Å². The zero-order valence-corrected chi connectivity index (χ0v) is 48.6. The van der Waals surface area contributed by atoms with Crippen LogP contribution in [-0.4, -0.2) is 301 Å². The smallest absolute Gasteiger partial charge is 0.402 e. The van der Waals surface area contributed by atoms with Crippen LogP contribution in [0.5, 0.6) is 40.2 Å². The number of carbonyl (C=O) groups excluding carboxylic acids is 2. The highest BCUT2D eigenvalue weighted by molar-refractivity contribution is 5.90. The summed E-state index contributed by atoms with van der Waals surface area (Å²) in [7, 11) is 0. The van der Waals surface area contributed by atoms with Crippen molar-refractivity contribution in [3.8, 4) is 51.6 Å². The van der Waals surface area contributed by atoms with E-state index in [1.807, 2.05) is 0 Å². The van der Waals surface area contributed by atoms with Gasteiger partial charge in [-0.1, -0.05) is 0 Å². The number of rotatable bonds is 20. The van der Waals surface area contributed by atoms with Gasteiger partial charge in [0.2, 0.25) is 37.2 Å². The molecule has 0 amide bonds. The first kappa shape index (κ1) is 69.7. The van der Waals surface area contributed by atoms with Crippen molar-refractivity contribution in [2.24, 2.45) is 0 Å². The number of ether oxygens (including phenoxy) is 12. The Labute approximate surface area is 528 Å². The second-order valence-electron chi connectivity index (χ2n) is 22.4. The Kier molecular flexibility index (Phi) is 21.9. The van der Waals surface area contributed by atoms with E-state index < -0.39 is 227 Å². The lowest BCUT2D eigenvalue weighted by Gasteiger charge is -2.40. The van der Waals surface area contributed by atoms with Crippen LogP contribution in [0.1, 0.15) is 20.7 Å². The molecule has 10 rings (SSSR count). The molecule has 0 saturated carbocycles. The molecule has 20 N–H and O–H groups in total. The zero-order valence-electron chi connectivity index (χ0n) is 48.6. The van der Waals surface area contributed by atoms with E-state index in [9.17, 15) is 112 Å². The third-order valence-corrected chi connectivity index (χ3v) is 16.1. The van der Waals surface area contributed by atoms with E-state index in [1.54, 1.807) is 0 Å². The van der Waals surface area contributed by atoms with E-state index in [0.29, 0.717) is 0 Å². The summed E-state index contributed by atoms with van der Waals surface area (Å²) in [5, 5.41) is 210. The summed E-state index contributed by atoms with van der Waals surface area (Å²) in [5.74, 6) is -5.00. The molecule has 5 aliphatic heterocycles. The number of aliphatic hydroxyl groups is 18. The summed E-state index contributed by atoms with van der Waals surface area (Å²) < 4.78 is 73.6. The minimum Gasteiger partial charge on any atom is -0.507 e. The number of hydrogen-bond acceptors (Lipinski definition) is 34. The van der Waals surface area contributed by atoms with Crippen LogP contribution in [0, 0.1) is 0 Å². The molecule has 5 fully saturated rings. The molecule has 0 radical (unpaired) electrons. The van der Waals surface area contributed by atoms with Gasteiger partial charge >= 0.3 is 23.3 Å². The van der Waals surface area contributed by atoms with Crippen molar-refractivity contribution in [2.45, 2.75) is 154 Å². The Morgan fingerprint density at radius 1 is 0.362 bits per heavy atom. The van der Waals surface area contributed by atoms with Crippen LogP contribution >= 0.6 is 0 Å². The molecule has 5 aromatic rings. The number of carbonyl (C=O) groups is 2. The molecule has 0 spiro atoms. The standard InChI is InChI=1S/C59H68O35/c60-15-32-37(65)42(70)47(75)55(90-32)84-23-6-1-20(2-7-23)53(80)82-18-35-40(68)45(73)49(77)57(93-35)86-25-12-28(64)26-14-31(89-59-50(78)44(72)39(67)34(17-62)92-59)52(87-29(26)13-25)22-5-10-27(63)30(11-22)88-58-51(79)46(74)41(69)36(94-58)19-83-54(81)21-3-8-24(9-4-21)85-56-48(76)43(71)38(66)33(16-61)91-56/h1-14,32-51,55-62,65-79H,15-19H2,(H-,63,64)/p+1/t32-,33-,34-,35-,36-,37-,38-,39-,40-,41-,42+,43+,44+,45+,46+,47-,48-,49-,50-,51-,55-,56-,57-,58-,59-/m1/s1. The number of benzene rings is 4. The number of fused-ring (bicyclic) bond motifs is 1. The Bertz CT molecular complexity index is 3370. The number of aromatic hydroxyl groups is 2. The molecule has 514 valence electrons. The number of phenolic OH excluding ortho intramolecular Hbond substituents is 2. The van der Waals surface area contributed by atoms with E-state index in [-0.39, 0.29) is 44.9 Å². The fourth-order valence-corrected chi connectivity index (χ4v) is 10.6. The molecule has 35 heteroatoms. The summed E-state index contributed by atoms with van der Waals surface area (Å²) >= 11 is 0. The van der Waals surface area contributed by atoms with Gasteiger partial charge in [0.1, 0.15) is 164 Å². The lowest BCUT2D eigenvalue weighted by molar-refractivity contribution is -0.277. The number of hydrogen-bond donors (Lipinski definition) is 20. The third kappa shape index (κ3) is 14.7. The topological polar surface area (TPSA) is 561 Å². The average Bonchev–Trinajstić information content (AvgIpc) is 0.794. The first-order valence-corrected chi connectivity index (χ1v) is 28.9. The molecule has 4 aromatic carbocycles. The van der Waals surface area contributed by atoms with Crippen molar-refractivity contribution >= 4 is 22.9 Å². The van der Waals surface area contributed by atoms with Crippen LogP contribution < -0.4 is 23.7 Å². The number of esters is 2. The predicted octanol–water partition coefficient (Wildman–Crippen LogP) is -6.58. The minimum absolute atomic E-state index is 0.00811. The summed E-state index contributed by atoms with van der Waals surface area (Å²) in [6, 6.07) is 16.5. The van der Waals surface area contributed by atoms with Crippen molar-refractivity contribution in [3.63, 3.8) is 0 Å². The normalized spacial score (nSPS) is 36.0. The van der Waals surface area contributed by atoms with Gasteiger partial charge in [-0.25, -0.2) is 14.0 Å². The zero-order chi connectivity index (χ0) is 67.7. The first-order chi connectivity index (χ1) is 44.8. The Morgan fingerprint density at radius 3 is 1.11 bits per heavy atom. The lowest BCUT2D eigenvalue weighted by atomic mass is 9.99. The number of phenols is 2.